The van der Waals surface area contributed by atoms with Crippen molar-refractivity contribution in [1.82, 2.24) is 5.32 Å². The fraction of sp³-hybridized carbons (Fsp3) is 0.826. The van der Waals surface area contributed by atoms with Crippen LogP contribution < -0.4 is 11.1 Å². The van der Waals surface area contributed by atoms with Gasteiger partial charge in [-0.15, -0.1) is 0 Å². The summed E-state index contributed by atoms with van der Waals surface area (Å²) in [7, 11) is 3.75. The molecule has 6 nitrogen and oxygen atoms in total. The fourth-order valence-corrected chi connectivity index (χ4v) is 2.37. The number of hydrogen-bond acceptors (Lipinski definition) is 4. The first kappa shape index (κ1) is 32.3. The lowest BCUT2D eigenvalue weighted by Crippen LogP contribution is -2.13. The molecule has 0 aromatic carbocycles. The van der Waals surface area contributed by atoms with Gasteiger partial charge in [-0.2, -0.15) is 0 Å². The number of carboxylic acid groups (broad SMARTS) is 1. The normalized spacial score (nSPS) is 11.2. The SMILES string of the molecule is CC(O)C(=O)O.CCCCCCCC/C=C\CCCCCCCC(N)=O.CNC. The van der Waals surface area contributed by atoms with E-state index in [0.717, 1.165) is 12.8 Å². The molecule has 0 aliphatic carbocycles. The molecule has 0 saturated carbocycles. The molecular formula is C23H48N2O4. The van der Waals surface area contributed by atoms with Crippen molar-refractivity contribution in [2.75, 3.05) is 14.1 Å². The van der Waals surface area contributed by atoms with E-state index in [9.17, 15) is 9.59 Å². The first-order valence-electron chi connectivity index (χ1n) is 11.3. The smallest absolute Gasteiger partial charge is 0.332 e. The molecule has 0 bridgehead atoms. The molecule has 0 spiro atoms. The van der Waals surface area contributed by atoms with E-state index in [1.54, 1.807) is 0 Å². The Kier molecular flexibility index (Phi) is 32.1. The first-order valence-corrected chi connectivity index (χ1v) is 11.3. The number of aliphatic hydroxyl groups excluding tert-OH is 1. The summed E-state index contributed by atoms with van der Waals surface area (Å²) in [6.45, 7) is 3.46. The Bertz CT molecular complexity index is 372. The summed E-state index contributed by atoms with van der Waals surface area (Å²) in [4.78, 5) is 20.0. The zero-order valence-electron chi connectivity index (χ0n) is 19.4. The number of rotatable bonds is 16. The average molecular weight is 417 g/mol. The Hall–Kier alpha value is -1.40. The molecule has 29 heavy (non-hydrogen) atoms. The van der Waals surface area contributed by atoms with Crippen LogP contribution in [0.15, 0.2) is 12.2 Å². The predicted molar refractivity (Wildman–Crippen MR) is 123 cm³/mol. The van der Waals surface area contributed by atoms with Crippen molar-refractivity contribution in [2.45, 2.75) is 110 Å². The Balaban J connectivity index is -0.000000625. The van der Waals surface area contributed by atoms with E-state index in [2.05, 4.69) is 24.4 Å². The van der Waals surface area contributed by atoms with Crippen molar-refractivity contribution < 1.29 is 19.8 Å². The number of carbonyl (C=O) groups is 2. The van der Waals surface area contributed by atoms with Crippen LogP contribution in [0, 0.1) is 0 Å². The molecule has 0 aliphatic heterocycles. The summed E-state index contributed by atoms with van der Waals surface area (Å²) in [6, 6.07) is 0. The van der Waals surface area contributed by atoms with E-state index in [1.807, 2.05) is 14.1 Å². The van der Waals surface area contributed by atoms with Gasteiger partial charge in [0.1, 0.15) is 6.10 Å². The summed E-state index contributed by atoms with van der Waals surface area (Å²) >= 11 is 0. The van der Waals surface area contributed by atoms with Crippen molar-refractivity contribution in [3.05, 3.63) is 12.2 Å². The maximum absolute atomic E-state index is 10.5. The quantitative estimate of drug-likeness (QED) is 0.213. The minimum Gasteiger partial charge on any atom is -0.479 e. The maximum Gasteiger partial charge on any atom is 0.332 e. The number of carboxylic acids is 1. The number of allylic oxidation sites excluding steroid dienone is 2. The minimum atomic E-state index is -1.23. The van der Waals surface area contributed by atoms with Gasteiger partial charge in [0.2, 0.25) is 5.91 Å². The number of nitrogens with two attached hydrogens (primary N) is 1. The van der Waals surface area contributed by atoms with E-state index in [0.29, 0.717) is 6.42 Å². The highest BCUT2D eigenvalue weighted by Crippen LogP contribution is 2.09. The van der Waals surface area contributed by atoms with Crippen molar-refractivity contribution in [3.8, 4) is 0 Å². The molecule has 0 aliphatic rings. The minimum absolute atomic E-state index is 0.164. The predicted octanol–water partition coefficient (Wildman–Crippen LogP) is 4.80. The molecule has 1 atom stereocenters. The van der Waals surface area contributed by atoms with Crippen LogP contribution >= 0.6 is 0 Å². The third-order valence-electron chi connectivity index (χ3n) is 4.04. The summed E-state index contributed by atoms with van der Waals surface area (Å²) in [6.07, 6.45) is 20.7. The molecule has 0 radical (unpaired) electrons. The van der Waals surface area contributed by atoms with Gasteiger partial charge < -0.3 is 21.3 Å². The van der Waals surface area contributed by atoms with E-state index in [4.69, 9.17) is 15.9 Å². The van der Waals surface area contributed by atoms with Gasteiger partial charge in [-0.3, -0.25) is 4.79 Å². The van der Waals surface area contributed by atoms with Crippen molar-refractivity contribution in [3.63, 3.8) is 0 Å². The summed E-state index contributed by atoms with van der Waals surface area (Å²) in [5, 5.41) is 18.5. The fourth-order valence-electron chi connectivity index (χ4n) is 2.37. The molecule has 174 valence electrons. The molecule has 0 aromatic rings. The molecule has 6 heteroatoms. The number of carbonyl (C=O) groups excluding carboxylic acids is 1. The van der Waals surface area contributed by atoms with Crippen LogP contribution in [0.1, 0.15) is 104 Å². The maximum atomic E-state index is 10.5. The third kappa shape index (κ3) is 41.9. The number of amides is 1. The van der Waals surface area contributed by atoms with Crippen molar-refractivity contribution in [1.29, 1.82) is 0 Å². The summed E-state index contributed by atoms with van der Waals surface area (Å²) < 4.78 is 0. The number of aliphatic hydroxyl groups is 1. The number of aliphatic carboxylic acids is 1. The number of hydrogen-bond donors (Lipinski definition) is 4. The van der Waals surface area contributed by atoms with Crippen molar-refractivity contribution in [2.24, 2.45) is 5.73 Å². The first-order chi connectivity index (χ1) is 13.8. The van der Waals surface area contributed by atoms with Crippen LogP contribution in [0.3, 0.4) is 0 Å². The molecule has 1 amide bonds. The van der Waals surface area contributed by atoms with Crippen LogP contribution in [0.4, 0.5) is 0 Å². The highest BCUT2D eigenvalue weighted by Gasteiger charge is 2.01. The van der Waals surface area contributed by atoms with Gasteiger partial charge in [-0.25, -0.2) is 4.79 Å². The van der Waals surface area contributed by atoms with Gasteiger partial charge in [0.05, 0.1) is 0 Å². The second-order valence-electron chi connectivity index (χ2n) is 7.31. The molecule has 5 N–H and O–H groups in total. The van der Waals surface area contributed by atoms with Gasteiger partial charge in [-0.05, 0) is 53.1 Å². The van der Waals surface area contributed by atoms with E-state index < -0.39 is 12.1 Å². The molecule has 0 aromatic heterocycles. The lowest BCUT2D eigenvalue weighted by atomic mass is 10.1. The zero-order valence-corrected chi connectivity index (χ0v) is 19.4. The zero-order chi connectivity index (χ0) is 22.8. The highest BCUT2D eigenvalue weighted by molar-refractivity contribution is 5.73. The number of nitrogens with one attached hydrogen (secondary N) is 1. The molecular weight excluding hydrogens is 368 g/mol. The van der Waals surface area contributed by atoms with Crippen LogP contribution in [0.5, 0.6) is 0 Å². The van der Waals surface area contributed by atoms with Crippen LogP contribution in [0.25, 0.3) is 0 Å². The summed E-state index contributed by atoms with van der Waals surface area (Å²) in [5.41, 5.74) is 5.10. The Morgan fingerprint density at radius 3 is 1.55 bits per heavy atom. The number of primary amides is 1. The van der Waals surface area contributed by atoms with Crippen LogP contribution in [-0.2, 0) is 9.59 Å². The average Bonchev–Trinajstić information content (AvgIpc) is 2.65. The standard InChI is InChI=1S/C18H35NO.C3H6O3.C2H7N/c1-2-3-4-5-6-7-8-9-10-11-12-13-14-15-16-17-18(19)20;1-2(4)3(5)6;1-3-2/h9-10H,2-8,11-17H2,1H3,(H2,19,20);2,4H,1H3,(H,5,6);3H,1-2H3/b10-9-;;. The van der Waals surface area contributed by atoms with E-state index in [-0.39, 0.29) is 5.91 Å². The monoisotopic (exact) mass is 416 g/mol. The molecule has 0 fully saturated rings. The van der Waals surface area contributed by atoms with Crippen LogP contribution in [0.2, 0.25) is 0 Å². The van der Waals surface area contributed by atoms with Gasteiger partial charge in [0.25, 0.3) is 0 Å². The van der Waals surface area contributed by atoms with E-state index in [1.165, 1.54) is 77.6 Å². The van der Waals surface area contributed by atoms with Gasteiger partial charge in [-0.1, -0.05) is 70.4 Å². The Labute approximate surface area is 179 Å². The summed E-state index contributed by atoms with van der Waals surface area (Å²) in [5.74, 6) is -1.35. The topological polar surface area (TPSA) is 113 Å². The highest BCUT2D eigenvalue weighted by atomic mass is 16.4. The van der Waals surface area contributed by atoms with Gasteiger partial charge >= 0.3 is 5.97 Å². The second kappa shape index (κ2) is 28.8. The van der Waals surface area contributed by atoms with Gasteiger partial charge in [0, 0.05) is 6.42 Å². The lowest BCUT2D eigenvalue weighted by molar-refractivity contribution is -0.145. The Morgan fingerprint density at radius 1 is 0.862 bits per heavy atom. The Morgan fingerprint density at radius 2 is 1.21 bits per heavy atom. The molecule has 0 heterocycles. The lowest BCUT2D eigenvalue weighted by Gasteiger charge is -1.99. The second-order valence-corrected chi connectivity index (χ2v) is 7.31. The molecule has 0 saturated heterocycles. The van der Waals surface area contributed by atoms with Crippen LogP contribution in [-0.4, -0.2) is 42.3 Å². The largest absolute Gasteiger partial charge is 0.479 e. The third-order valence-corrected chi connectivity index (χ3v) is 4.04. The number of unbranched alkanes of at least 4 members (excludes halogenated alkanes) is 11. The molecule has 1 unspecified atom stereocenters. The van der Waals surface area contributed by atoms with Gasteiger partial charge in [0.15, 0.2) is 0 Å². The van der Waals surface area contributed by atoms with E-state index >= 15 is 0 Å². The molecule has 0 rings (SSSR count). The van der Waals surface area contributed by atoms with Crippen molar-refractivity contribution >= 4 is 11.9 Å².